The largest absolute Gasteiger partial charge is 0.759 e. The minimum Gasteiger partial charge on any atom is -0.759 e. The maximum atomic E-state index is 8.52. The molecule has 33 heavy (non-hydrogen) atoms. The minimum absolute atomic E-state index is 0.776. The zero-order valence-corrected chi connectivity index (χ0v) is 21.9. The van der Waals surface area contributed by atoms with Crippen LogP contribution in [0.5, 0.6) is 0 Å². The maximum Gasteiger partial charge on any atom is 0.0843 e. The molecule has 0 amide bonds. The molecule has 196 valence electrons. The van der Waals surface area contributed by atoms with Gasteiger partial charge in [0.1, 0.15) is 0 Å². The van der Waals surface area contributed by atoms with E-state index in [0.717, 1.165) is 35.8 Å². The molecule has 0 atom stereocenters. The van der Waals surface area contributed by atoms with E-state index in [0.29, 0.717) is 0 Å². The smallest absolute Gasteiger partial charge is 0.0843 e. The monoisotopic (exact) mass is 488 g/mol. The molecule has 4 rings (SSSR count). The van der Waals surface area contributed by atoms with Crippen molar-refractivity contribution in [3.63, 3.8) is 0 Å². The van der Waals surface area contributed by atoms with Gasteiger partial charge in [-0.25, -0.2) is 0 Å². The Balaban J connectivity index is 0.000000195. The standard InChI is InChI=1S/2C13H25N.H2O4S/c2*14-13-8-6-12(7-9-13)10-11-4-2-1-3-5-11;1-5(2,3)4/h2*11-13H,1-10,14H2;(H2,1,2,3,4). The molecule has 0 aromatic carbocycles. The van der Waals surface area contributed by atoms with Crippen LogP contribution in [0.2, 0.25) is 0 Å². The van der Waals surface area contributed by atoms with Crippen LogP contribution in [0.1, 0.15) is 128 Å². The van der Waals surface area contributed by atoms with Gasteiger partial charge in [0.05, 0.1) is 12.1 Å². The number of hydrogen-bond acceptors (Lipinski definition) is 4. The van der Waals surface area contributed by atoms with Gasteiger partial charge < -0.3 is 20.6 Å². The van der Waals surface area contributed by atoms with Gasteiger partial charge in [-0.1, -0.05) is 64.2 Å². The molecule has 0 radical (unpaired) electrons. The van der Waals surface area contributed by atoms with Gasteiger partial charge in [-0.15, -0.1) is 0 Å². The van der Waals surface area contributed by atoms with Crippen LogP contribution in [0.4, 0.5) is 0 Å². The van der Waals surface area contributed by atoms with E-state index in [9.17, 15) is 0 Å². The zero-order chi connectivity index (χ0) is 24.1. The third-order valence-electron chi connectivity index (χ3n) is 8.72. The minimum atomic E-state index is -5.17. The van der Waals surface area contributed by atoms with Crippen LogP contribution in [0, 0.1) is 23.7 Å². The van der Waals surface area contributed by atoms with Crippen LogP contribution in [-0.4, -0.2) is 29.6 Å². The molecule has 0 unspecified atom stereocenters. The van der Waals surface area contributed by atoms with Crippen molar-refractivity contribution in [3.8, 4) is 0 Å². The van der Waals surface area contributed by atoms with Crippen LogP contribution < -0.4 is 11.5 Å². The first-order valence-corrected chi connectivity index (χ1v) is 15.3. The average molecular weight is 489 g/mol. The van der Waals surface area contributed by atoms with Gasteiger partial charge in [0.2, 0.25) is 0 Å². The lowest BCUT2D eigenvalue weighted by atomic mass is 9.77. The normalized spacial score (nSPS) is 32.1. The van der Waals surface area contributed by atoms with Gasteiger partial charge in [-0.05, 0) is 87.9 Å². The lowest BCUT2D eigenvalue weighted by Gasteiger charge is -2.29. The van der Waals surface area contributed by atoms with Crippen molar-refractivity contribution in [2.45, 2.75) is 141 Å². The van der Waals surface area contributed by atoms with Crippen LogP contribution >= 0.6 is 0 Å². The van der Waals surface area contributed by atoms with E-state index < -0.39 is 10.4 Å². The highest BCUT2D eigenvalue weighted by Crippen LogP contribution is 2.35. The summed E-state index contributed by atoms with van der Waals surface area (Å²) in [5, 5.41) is 0. The lowest BCUT2D eigenvalue weighted by molar-refractivity contribution is -0.427. The molecular formula is C26H52N2O4S. The predicted octanol–water partition coefficient (Wildman–Crippen LogP) is 4.18. The predicted molar refractivity (Wildman–Crippen MR) is 130 cm³/mol. The average Bonchev–Trinajstić information content (AvgIpc) is 2.78. The lowest BCUT2D eigenvalue weighted by Crippen LogP contribution is -2.61. The Kier molecular flexibility index (Phi) is 13.8. The summed E-state index contributed by atoms with van der Waals surface area (Å²) in [6.07, 6.45) is 29.8. The molecular weight excluding hydrogens is 436 g/mol. The molecule has 0 heterocycles. The summed E-state index contributed by atoms with van der Waals surface area (Å²) in [5.41, 5.74) is 8.36. The van der Waals surface area contributed by atoms with E-state index >= 15 is 0 Å². The summed E-state index contributed by atoms with van der Waals surface area (Å²) in [5.74, 6) is 4.32. The number of rotatable bonds is 4. The highest BCUT2D eigenvalue weighted by Gasteiger charge is 2.25. The Morgan fingerprint density at radius 1 is 0.485 bits per heavy atom. The summed E-state index contributed by atoms with van der Waals surface area (Å²) in [6.45, 7) is 0. The van der Waals surface area contributed by atoms with Crippen molar-refractivity contribution in [1.29, 1.82) is 0 Å². The van der Waals surface area contributed by atoms with Crippen LogP contribution in [0.25, 0.3) is 0 Å². The quantitative estimate of drug-likeness (QED) is 0.453. The molecule has 0 aromatic rings. The Bertz CT molecular complexity index is 541. The molecule has 6 nitrogen and oxygen atoms in total. The first kappa shape index (κ1) is 29.0. The SMILES string of the molecule is O=S(=O)([O-])[O-].[NH3+]C1CCC(CC2CCCCC2)CC1.[NH3+]C1CCC(CC2CCCCC2)CC1. The summed E-state index contributed by atoms with van der Waals surface area (Å²) >= 11 is 0. The first-order chi connectivity index (χ1) is 15.7. The van der Waals surface area contributed by atoms with E-state index in [1.54, 1.807) is 12.8 Å². The Morgan fingerprint density at radius 2 is 0.727 bits per heavy atom. The van der Waals surface area contributed by atoms with Gasteiger partial charge in [-0.2, -0.15) is 0 Å². The van der Waals surface area contributed by atoms with Crippen molar-refractivity contribution in [1.82, 2.24) is 0 Å². The molecule has 0 saturated heterocycles. The zero-order valence-electron chi connectivity index (χ0n) is 21.1. The molecule has 0 aliphatic heterocycles. The molecule has 0 aromatic heterocycles. The fourth-order valence-corrected chi connectivity index (χ4v) is 6.72. The van der Waals surface area contributed by atoms with Gasteiger partial charge >= 0.3 is 0 Å². The summed E-state index contributed by atoms with van der Waals surface area (Å²) in [4.78, 5) is 0. The third kappa shape index (κ3) is 14.7. The molecule has 0 bridgehead atoms. The molecule has 4 aliphatic rings. The van der Waals surface area contributed by atoms with E-state index in [4.69, 9.17) is 17.5 Å². The Labute approximate surface area is 203 Å². The van der Waals surface area contributed by atoms with Crippen LogP contribution in [0.3, 0.4) is 0 Å². The highest BCUT2D eigenvalue weighted by atomic mass is 32.3. The van der Waals surface area contributed by atoms with Crippen molar-refractivity contribution in [2.24, 2.45) is 23.7 Å². The second-order valence-electron chi connectivity index (χ2n) is 11.7. The molecule has 4 fully saturated rings. The topological polar surface area (TPSA) is 136 Å². The molecule has 6 N–H and O–H groups in total. The van der Waals surface area contributed by atoms with E-state index in [1.807, 2.05) is 0 Å². The summed E-state index contributed by atoms with van der Waals surface area (Å²) in [6, 6.07) is 1.55. The highest BCUT2D eigenvalue weighted by molar-refractivity contribution is 7.79. The van der Waals surface area contributed by atoms with Crippen LogP contribution in [-0.2, 0) is 10.4 Å². The Morgan fingerprint density at radius 3 is 1.00 bits per heavy atom. The van der Waals surface area contributed by atoms with Crippen LogP contribution in [0.15, 0.2) is 0 Å². The third-order valence-corrected chi connectivity index (χ3v) is 8.72. The van der Waals surface area contributed by atoms with Crippen molar-refractivity contribution >= 4 is 10.4 Å². The number of hydrogen-bond donors (Lipinski definition) is 2. The van der Waals surface area contributed by atoms with Gasteiger partial charge in [0.15, 0.2) is 0 Å². The molecule has 0 spiro atoms. The maximum absolute atomic E-state index is 8.52. The fourth-order valence-electron chi connectivity index (χ4n) is 6.72. The van der Waals surface area contributed by atoms with Crippen molar-refractivity contribution in [2.75, 3.05) is 0 Å². The number of quaternary nitrogens is 2. The summed E-state index contributed by atoms with van der Waals surface area (Å²) < 4.78 is 34.1. The van der Waals surface area contributed by atoms with E-state index in [2.05, 4.69) is 11.5 Å². The van der Waals surface area contributed by atoms with Crippen molar-refractivity contribution in [3.05, 3.63) is 0 Å². The molecule has 4 saturated carbocycles. The van der Waals surface area contributed by atoms with Gasteiger partial charge in [-0.3, -0.25) is 8.42 Å². The van der Waals surface area contributed by atoms with Gasteiger partial charge in [0, 0.05) is 10.4 Å². The van der Waals surface area contributed by atoms with E-state index in [1.165, 1.54) is 116 Å². The fraction of sp³-hybridized carbons (Fsp3) is 1.00. The summed E-state index contributed by atoms with van der Waals surface area (Å²) in [7, 11) is -5.17. The second-order valence-corrected chi connectivity index (χ2v) is 12.5. The van der Waals surface area contributed by atoms with Crippen molar-refractivity contribution < 1.29 is 29.0 Å². The second kappa shape index (κ2) is 15.7. The molecule has 4 aliphatic carbocycles. The van der Waals surface area contributed by atoms with Gasteiger partial charge in [0.25, 0.3) is 0 Å². The molecule has 7 heteroatoms. The Hall–Kier alpha value is -0.210. The van der Waals surface area contributed by atoms with E-state index in [-0.39, 0.29) is 0 Å². The first-order valence-electron chi connectivity index (χ1n) is 14.0.